The van der Waals surface area contributed by atoms with Crippen LogP contribution in [0.1, 0.15) is 30.3 Å². The maximum atomic E-state index is 5.30. The largest absolute Gasteiger partial charge is 0.497 e. The summed E-state index contributed by atoms with van der Waals surface area (Å²) in [5.41, 5.74) is 3.21. The van der Waals surface area contributed by atoms with Crippen LogP contribution in [0.25, 0.3) is 11.2 Å². The Labute approximate surface area is 123 Å². The molecule has 4 nitrogen and oxygen atoms in total. The zero-order chi connectivity index (χ0) is 14.2. The van der Waals surface area contributed by atoms with Gasteiger partial charge in [-0.2, -0.15) is 0 Å². The first-order valence-electron chi connectivity index (χ1n) is 7.30. The average molecular weight is 279 g/mol. The molecule has 0 aliphatic heterocycles. The molecule has 1 saturated carbocycles. The SMILES string of the molecule is COc1cccc(Cc2nc3cccnc3n2C2CC2)c1. The lowest BCUT2D eigenvalue weighted by Gasteiger charge is -2.08. The predicted octanol–water partition coefficient (Wildman–Crippen LogP) is 3.37. The van der Waals surface area contributed by atoms with E-state index >= 15 is 0 Å². The highest BCUT2D eigenvalue weighted by Gasteiger charge is 2.28. The van der Waals surface area contributed by atoms with E-state index in [0.717, 1.165) is 29.2 Å². The van der Waals surface area contributed by atoms with Crippen LogP contribution in [-0.4, -0.2) is 21.6 Å². The summed E-state index contributed by atoms with van der Waals surface area (Å²) in [5.74, 6) is 1.99. The molecule has 1 aromatic carbocycles. The van der Waals surface area contributed by atoms with Crippen molar-refractivity contribution in [1.29, 1.82) is 0 Å². The highest BCUT2D eigenvalue weighted by Crippen LogP contribution is 2.38. The Morgan fingerprint density at radius 2 is 2.14 bits per heavy atom. The Hall–Kier alpha value is -2.36. The molecule has 2 aromatic heterocycles. The summed E-state index contributed by atoms with van der Waals surface area (Å²) in [6.45, 7) is 0. The summed E-state index contributed by atoms with van der Waals surface area (Å²) >= 11 is 0. The van der Waals surface area contributed by atoms with Crippen LogP contribution in [0.15, 0.2) is 42.6 Å². The molecule has 4 rings (SSSR count). The average Bonchev–Trinajstić information content (AvgIpc) is 3.29. The van der Waals surface area contributed by atoms with E-state index in [9.17, 15) is 0 Å². The van der Waals surface area contributed by atoms with Crippen LogP contribution in [0.4, 0.5) is 0 Å². The molecule has 0 spiro atoms. The van der Waals surface area contributed by atoms with Crippen molar-refractivity contribution in [3.05, 3.63) is 54.0 Å². The van der Waals surface area contributed by atoms with Crippen molar-refractivity contribution < 1.29 is 4.74 Å². The van der Waals surface area contributed by atoms with Gasteiger partial charge in [0.2, 0.25) is 0 Å². The van der Waals surface area contributed by atoms with Crippen molar-refractivity contribution in [3.8, 4) is 5.75 Å². The molecule has 0 bridgehead atoms. The lowest BCUT2D eigenvalue weighted by molar-refractivity contribution is 0.414. The molecule has 106 valence electrons. The molecule has 3 aromatic rings. The van der Waals surface area contributed by atoms with Crippen molar-refractivity contribution in [2.75, 3.05) is 7.11 Å². The Balaban J connectivity index is 1.77. The smallest absolute Gasteiger partial charge is 0.160 e. The number of aromatic nitrogens is 3. The number of hydrogen-bond donors (Lipinski definition) is 0. The molecule has 0 amide bonds. The van der Waals surface area contributed by atoms with Gasteiger partial charge in [-0.15, -0.1) is 0 Å². The molecular weight excluding hydrogens is 262 g/mol. The molecule has 0 radical (unpaired) electrons. The standard InChI is InChI=1S/C17H17N3O/c1-21-14-5-2-4-12(10-14)11-16-19-15-6-3-9-18-17(15)20(16)13-7-8-13/h2-6,9-10,13H,7-8,11H2,1H3. The van der Waals surface area contributed by atoms with E-state index in [1.165, 1.54) is 18.4 Å². The minimum absolute atomic E-state index is 0.575. The molecule has 0 atom stereocenters. The first-order chi connectivity index (χ1) is 10.3. The predicted molar refractivity (Wildman–Crippen MR) is 81.6 cm³/mol. The molecule has 1 aliphatic rings. The molecular formula is C17H17N3O. The number of methoxy groups -OCH3 is 1. The van der Waals surface area contributed by atoms with Gasteiger partial charge in [-0.05, 0) is 42.7 Å². The van der Waals surface area contributed by atoms with Crippen LogP contribution in [0.5, 0.6) is 5.75 Å². The number of ether oxygens (including phenoxy) is 1. The summed E-state index contributed by atoms with van der Waals surface area (Å²) in [5, 5.41) is 0. The number of imidazole rings is 1. The van der Waals surface area contributed by atoms with Crippen molar-refractivity contribution in [2.45, 2.75) is 25.3 Å². The van der Waals surface area contributed by atoms with E-state index in [1.54, 1.807) is 7.11 Å². The van der Waals surface area contributed by atoms with E-state index in [0.29, 0.717) is 6.04 Å². The second kappa shape index (κ2) is 4.88. The Morgan fingerprint density at radius 3 is 2.95 bits per heavy atom. The Kier molecular flexibility index (Phi) is 2.88. The van der Waals surface area contributed by atoms with Crippen LogP contribution in [0, 0.1) is 0 Å². The van der Waals surface area contributed by atoms with Gasteiger partial charge in [-0.25, -0.2) is 9.97 Å². The second-order valence-electron chi connectivity index (χ2n) is 5.50. The maximum absolute atomic E-state index is 5.30. The first-order valence-corrected chi connectivity index (χ1v) is 7.30. The van der Waals surface area contributed by atoms with Crippen LogP contribution < -0.4 is 4.74 Å². The lowest BCUT2D eigenvalue weighted by atomic mass is 10.1. The summed E-state index contributed by atoms with van der Waals surface area (Å²) in [6, 6.07) is 12.7. The van der Waals surface area contributed by atoms with E-state index < -0.39 is 0 Å². The zero-order valence-electron chi connectivity index (χ0n) is 12.0. The summed E-state index contributed by atoms with van der Waals surface area (Å²) < 4.78 is 7.62. The van der Waals surface area contributed by atoms with Crippen LogP contribution in [0.3, 0.4) is 0 Å². The van der Waals surface area contributed by atoms with Crippen LogP contribution >= 0.6 is 0 Å². The van der Waals surface area contributed by atoms with Crippen molar-refractivity contribution in [3.63, 3.8) is 0 Å². The molecule has 2 heterocycles. The van der Waals surface area contributed by atoms with Crippen LogP contribution in [-0.2, 0) is 6.42 Å². The summed E-state index contributed by atoms with van der Waals surface area (Å²) in [6.07, 6.45) is 5.11. The van der Waals surface area contributed by atoms with Gasteiger partial charge in [0.05, 0.1) is 7.11 Å². The number of benzene rings is 1. The minimum Gasteiger partial charge on any atom is -0.497 e. The van der Waals surface area contributed by atoms with Crippen molar-refractivity contribution in [1.82, 2.24) is 14.5 Å². The number of fused-ring (bicyclic) bond motifs is 1. The molecule has 0 unspecified atom stereocenters. The van der Waals surface area contributed by atoms with Crippen molar-refractivity contribution >= 4 is 11.2 Å². The maximum Gasteiger partial charge on any atom is 0.160 e. The minimum atomic E-state index is 0.575. The topological polar surface area (TPSA) is 39.9 Å². The van der Waals surface area contributed by atoms with E-state index in [-0.39, 0.29) is 0 Å². The van der Waals surface area contributed by atoms with Gasteiger partial charge in [0.1, 0.15) is 17.1 Å². The number of hydrogen-bond acceptors (Lipinski definition) is 3. The van der Waals surface area contributed by atoms with Gasteiger partial charge in [0.15, 0.2) is 5.65 Å². The number of nitrogens with zero attached hydrogens (tertiary/aromatic N) is 3. The second-order valence-corrected chi connectivity index (χ2v) is 5.50. The fraction of sp³-hybridized carbons (Fsp3) is 0.294. The van der Waals surface area contributed by atoms with E-state index in [2.05, 4.69) is 21.7 Å². The van der Waals surface area contributed by atoms with Crippen LogP contribution in [0.2, 0.25) is 0 Å². The van der Waals surface area contributed by atoms with E-state index in [1.807, 2.05) is 30.5 Å². The normalized spacial score (nSPS) is 14.5. The fourth-order valence-electron chi connectivity index (χ4n) is 2.78. The number of pyridine rings is 1. The third-order valence-corrected chi connectivity index (χ3v) is 3.93. The first kappa shape index (κ1) is 12.4. The highest BCUT2D eigenvalue weighted by molar-refractivity contribution is 5.71. The fourth-order valence-corrected chi connectivity index (χ4v) is 2.78. The molecule has 21 heavy (non-hydrogen) atoms. The van der Waals surface area contributed by atoms with Crippen molar-refractivity contribution in [2.24, 2.45) is 0 Å². The molecule has 1 fully saturated rings. The molecule has 0 saturated heterocycles. The van der Waals surface area contributed by atoms with Gasteiger partial charge in [-0.3, -0.25) is 0 Å². The van der Waals surface area contributed by atoms with Gasteiger partial charge in [0.25, 0.3) is 0 Å². The van der Waals surface area contributed by atoms with E-state index in [4.69, 9.17) is 9.72 Å². The van der Waals surface area contributed by atoms with Gasteiger partial charge in [-0.1, -0.05) is 12.1 Å². The molecule has 1 aliphatic carbocycles. The summed E-state index contributed by atoms with van der Waals surface area (Å²) in [7, 11) is 1.70. The van der Waals surface area contributed by atoms with Gasteiger partial charge < -0.3 is 9.30 Å². The molecule has 4 heteroatoms. The number of rotatable bonds is 4. The van der Waals surface area contributed by atoms with Gasteiger partial charge in [0, 0.05) is 18.7 Å². The Morgan fingerprint density at radius 1 is 1.24 bits per heavy atom. The quantitative estimate of drug-likeness (QED) is 0.735. The van der Waals surface area contributed by atoms with Gasteiger partial charge >= 0.3 is 0 Å². The third kappa shape index (κ3) is 2.27. The zero-order valence-corrected chi connectivity index (χ0v) is 12.0. The lowest BCUT2D eigenvalue weighted by Crippen LogP contribution is -2.03. The summed E-state index contributed by atoms with van der Waals surface area (Å²) in [4.78, 5) is 9.30. The molecule has 0 N–H and O–H groups in total. The monoisotopic (exact) mass is 279 g/mol. The Bertz CT molecular complexity index is 790. The third-order valence-electron chi connectivity index (χ3n) is 3.93. The highest BCUT2D eigenvalue weighted by atomic mass is 16.5.